The van der Waals surface area contributed by atoms with Crippen molar-refractivity contribution >= 4 is 27.5 Å². The van der Waals surface area contributed by atoms with Crippen molar-refractivity contribution in [3.63, 3.8) is 0 Å². The lowest BCUT2D eigenvalue weighted by molar-refractivity contribution is -0.118. The summed E-state index contributed by atoms with van der Waals surface area (Å²) in [4.78, 5) is 25.8. The summed E-state index contributed by atoms with van der Waals surface area (Å²) in [6, 6.07) is 17.7. The van der Waals surface area contributed by atoms with Crippen molar-refractivity contribution < 1.29 is 22.4 Å². The van der Waals surface area contributed by atoms with Crippen LogP contribution in [0.25, 0.3) is 0 Å². The third-order valence-electron chi connectivity index (χ3n) is 6.15. The minimum Gasteiger partial charge on any atom is -0.459 e. The Morgan fingerprint density at radius 2 is 1.69 bits per heavy atom. The highest BCUT2D eigenvalue weighted by Crippen LogP contribution is 2.24. The topological polar surface area (TPSA) is 109 Å². The van der Waals surface area contributed by atoms with Crippen LogP contribution in [0.1, 0.15) is 35.9 Å². The molecule has 4 rings (SSSR count). The maximum Gasteiger partial charge on any atom is 0.287 e. The molecular weight excluding hydrogens is 466 g/mol. The van der Waals surface area contributed by atoms with E-state index in [0.29, 0.717) is 24.7 Å². The second-order valence-corrected chi connectivity index (χ2v) is 10.7. The van der Waals surface area contributed by atoms with Gasteiger partial charge in [-0.3, -0.25) is 9.59 Å². The van der Waals surface area contributed by atoms with Crippen LogP contribution in [-0.2, 0) is 21.2 Å². The fraction of sp³-hybridized carbons (Fsp3) is 0.308. The molecule has 0 bridgehead atoms. The standard InChI is InChI=1S/C26H29N3O5S/c1-19-13-15-29(16-14-19)35(32,33)22-11-9-21(10-12-22)27-25(30)23(18-20-6-3-2-4-7-20)28-26(31)24-8-5-17-34-24/h2-12,17,19,23H,13-16,18H2,1H3,(H,27,30)(H,28,31)/t23-/m0/s1. The average molecular weight is 496 g/mol. The summed E-state index contributed by atoms with van der Waals surface area (Å²) in [6.45, 7) is 3.15. The SMILES string of the molecule is CC1CCN(S(=O)(=O)c2ccc(NC(=O)[C@H](Cc3ccccc3)NC(=O)c3ccco3)cc2)CC1. The van der Waals surface area contributed by atoms with Crippen molar-refractivity contribution in [3.05, 3.63) is 84.3 Å². The number of hydrogen-bond acceptors (Lipinski definition) is 5. The summed E-state index contributed by atoms with van der Waals surface area (Å²) in [5, 5.41) is 5.51. The van der Waals surface area contributed by atoms with Gasteiger partial charge < -0.3 is 15.1 Å². The van der Waals surface area contributed by atoms with Gasteiger partial charge >= 0.3 is 0 Å². The molecule has 0 saturated carbocycles. The molecule has 0 aliphatic carbocycles. The molecule has 2 amide bonds. The Morgan fingerprint density at radius 1 is 1.00 bits per heavy atom. The highest BCUT2D eigenvalue weighted by Gasteiger charge is 2.28. The number of carbonyl (C=O) groups is 2. The fourth-order valence-electron chi connectivity index (χ4n) is 4.01. The molecule has 1 saturated heterocycles. The Morgan fingerprint density at radius 3 is 2.31 bits per heavy atom. The number of amides is 2. The number of carbonyl (C=O) groups excluding carboxylic acids is 2. The van der Waals surface area contributed by atoms with Crippen molar-refractivity contribution in [1.29, 1.82) is 0 Å². The average Bonchev–Trinajstić information content (AvgIpc) is 3.40. The zero-order valence-electron chi connectivity index (χ0n) is 19.5. The van der Waals surface area contributed by atoms with E-state index in [1.807, 2.05) is 30.3 Å². The van der Waals surface area contributed by atoms with Gasteiger partial charge in [-0.2, -0.15) is 4.31 Å². The molecule has 2 aromatic carbocycles. The van der Waals surface area contributed by atoms with Crippen LogP contribution >= 0.6 is 0 Å². The van der Waals surface area contributed by atoms with E-state index < -0.39 is 27.9 Å². The second-order valence-electron chi connectivity index (χ2n) is 8.79. The Kier molecular flexibility index (Phi) is 7.67. The number of anilines is 1. The van der Waals surface area contributed by atoms with Gasteiger partial charge in [-0.05, 0) is 60.7 Å². The third-order valence-corrected chi connectivity index (χ3v) is 8.06. The molecule has 35 heavy (non-hydrogen) atoms. The quantitative estimate of drug-likeness (QED) is 0.496. The predicted molar refractivity (Wildman–Crippen MR) is 132 cm³/mol. The van der Waals surface area contributed by atoms with Crippen LogP contribution in [0.5, 0.6) is 0 Å². The molecule has 2 heterocycles. The molecule has 0 radical (unpaired) electrons. The van der Waals surface area contributed by atoms with Crippen molar-refractivity contribution in [3.8, 4) is 0 Å². The normalized spacial score (nSPS) is 15.9. The highest BCUT2D eigenvalue weighted by molar-refractivity contribution is 7.89. The van der Waals surface area contributed by atoms with Gasteiger partial charge in [0.1, 0.15) is 6.04 Å². The van der Waals surface area contributed by atoms with E-state index in [9.17, 15) is 18.0 Å². The lowest BCUT2D eigenvalue weighted by Crippen LogP contribution is -2.45. The van der Waals surface area contributed by atoms with Crippen LogP contribution in [0.4, 0.5) is 5.69 Å². The van der Waals surface area contributed by atoms with Gasteiger partial charge in [0, 0.05) is 25.2 Å². The summed E-state index contributed by atoms with van der Waals surface area (Å²) >= 11 is 0. The molecule has 1 aliphatic heterocycles. The molecule has 9 heteroatoms. The first-order valence-corrected chi connectivity index (χ1v) is 13.1. The van der Waals surface area contributed by atoms with Crippen molar-refractivity contribution in [2.24, 2.45) is 5.92 Å². The number of sulfonamides is 1. The Bertz CT molecular complexity index is 1230. The van der Waals surface area contributed by atoms with Crippen molar-refractivity contribution in [1.82, 2.24) is 9.62 Å². The van der Waals surface area contributed by atoms with E-state index in [-0.39, 0.29) is 17.1 Å². The van der Waals surface area contributed by atoms with Crippen LogP contribution in [-0.4, -0.2) is 43.7 Å². The van der Waals surface area contributed by atoms with Gasteiger partial charge in [0.25, 0.3) is 5.91 Å². The summed E-state index contributed by atoms with van der Waals surface area (Å²) in [5.74, 6) is -0.286. The van der Waals surface area contributed by atoms with Gasteiger partial charge in [0.15, 0.2) is 5.76 Å². The molecule has 8 nitrogen and oxygen atoms in total. The maximum absolute atomic E-state index is 13.1. The number of rotatable bonds is 8. The first-order chi connectivity index (χ1) is 16.8. The van der Waals surface area contributed by atoms with E-state index in [4.69, 9.17) is 4.42 Å². The molecule has 2 N–H and O–H groups in total. The summed E-state index contributed by atoms with van der Waals surface area (Å²) < 4.78 is 32.6. The van der Waals surface area contributed by atoms with Crippen LogP contribution in [0.15, 0.2) is 82.3 Å². The zero-order valence-corrected chi connectivity index (χ0v) is 20.3. The van der Waals surface area contributed by atoms with E-state index >= 15 is 0 Å². The first-order valence-electron chi connectivity index (χ1n) is 11.6. The Balaban J connectivity index is 1.46. The number of hydrogen-bond donors (Lipinski definition) is 2. The molecule has 184 valence electrons. The minimum absolute atomic E-state index is 0.109. The van der Waals surface area contributed by atoms with E-state index in [0.717, 1.165) is 18.4 Å². The second kappa shape index (κ2) is 10.9. The van der Waals surface area contributed by atoms with E-state index in [2.05, 4.69) is 17.6 Å². The molecule has 1 atom stereocenters. The highest BCUT2D eigenvalue weighted by atomic mass is 32.2. The minimum atomic E-state index is -3.58. The molecule has 1 aromatic heterocycles. The number of nitrogens with zero attached hydrogens (tertiary/aromatic N) is 1. The summed E-state index contributed by atoms with van der Waals surface area (Å²) in [5.41, 5.74) is 1.32. The zero-order chi connectivity index (χ0) is 24.8. The molecule has 1 aliphatic rings. The van der Waals surface area contributed by atoms with Crippen molar-refractivity contribution in [2.45, 2.75) is 37.1 Å². The van der Waals surface area contributed by atoms with Gasteiger partial charge in [0.2, 0.25) is 15.9 Å². The van der Waals surface area contributed by atoms with Gasteiger partial charge in [0.05, 0.1) is 11.2 Å². The first kappa shape index (κ1) is 24.7. The largest absolute Gasteiger partial charge is 0.459 e. The predicted octanol–water partition coefficient (Wildman–Crippen LogP) is 3.68. The Labute approximate surface area is 205 Å². The lowest BCUT2D eigenvalue weighted by Gasteiger charge is -2.29. The number of furan rings is 1. The van der Waals surface area contributed by atoms with Crippen LogP contribution in [0.2, 0.25) is 0 Å². The molecule has 0 spiro atoms. The van der Waals surface area contributed by atoms with Crippen LogP contribution in [0.3, 0.4) is 0 Å². The van der Waals surface area contributed by atoms with Gasteiger partial charge in [-0.1, -0.05) is 37.3 Å². The maximum atomic E-state index is 13.1. The molecule has 0 unspecified atom stereocenters. The van der Waals surface area contributed by atoms with Crippen LogP contribution < -0.4 is 10.6 Å². The lowest BCUT2D eigenvalue weighted by atomic mass is 10.0. The summed E-state index contributed by atoms with van der Waals surface area (Å²) in [7, 11) is -3.58. The van der Waals surface area contributed by atoms with E-state index in [1.54, 1.807) is 18.2 Å². The van der Waals surface area contributed by atoms with Gasteiger partial charge in [-0.15, -0.1) is 0 Å². The number of benzene rings is 2. The summed E-state index contributed by atoms with van der Waals surface area (Å²) in [6.07, 6.45) is 3.36. The van der Waals surface area contributed by atoms with Crippen molar-refractivity contribution in [2.75, 3.05) is 18.4 Å². The number of piperidine rings is 1. The Hall–Kier alpha value is -3.43. The molecular formula is C26H29N3O5S. The van der Waals surface area contributed by atoms with Crippen LogP contribution in [0, 0.1) is 5.92 Å². The smallest absolute Gasteiger partial charge is 0.287 e. The van der Waals surface area contributed by atoms with Gasteiger partial charge in [-0.25, -0.2) is 8.42 Å². The number of nitrogens with one attached hydrogen (secondary N) is 2. The monoisotopic (exact) mass is 495 g/mol. The fourth-order valence-corrected chi connectivity index (χ4v) is 5.48. The molecule has 3 aromatic rings. The van der Waals surface area contributed by atoms with E-state index in [1.165, 1.54) is 28.8 Å². The molecule has 1 fully saturated rings. The third kappa shape index (κ3) is 6.17.